The van der Waals surface area contributed by atoms with E-state index in [1.807, 2.05) is 48.7 Å². The minimum atomic E-state index is 0.243. The zero-order chi connectivity index (χ0) is 17.3. The Labute approximate surface area is 142 Å². The van der Waals surface area contributed by atoms with Crippen molar-refractivity contribution < 1.29 is 4.84 Å². The molecule has 1 aromatic carbocycles. The fourth-order valence-corrected chi connectivity index (χ4v) is 2.75. The molecule has 0 saturated carbocycles. The smallest absolute Gasteiger partial charge is 0.184 e. The van der Waals surface area contributed by atoms with Crippen molar-refractivity contribution in [2.24, 2.45) is 0 Å². The number of benzene rings is 1. The molecule has 0 unspecified atom stereocenters. The van der Waals surface area contributed by atoms with Crippen LogP contribution in [0.2, 0.25) is 0 Å². The van der Waals surface area contributed by atoms with Crippen molar-refractivity contribution in [1.82, 2.24) is 19.5 Å². The maximum absolute atomic E-state index is 5.46. The molecule has 1 aromatic rings. The van der Waals surface area contributed by atoms with E-state index < -0.39 is 0 Å². The maximum Gasteiger partial charge on any atom is 0.184 e. The zero-order valence-electron chi connectivity index (χ0n) is 14.8. The van der Waals surface area contributed by atoms with Crippen LogP contribution in [0.25, 0.3) is 17.2 Å². The van der Waals surface area contributed by atoms with Crippen LogP contribution in [0.1, 0.15) is 38.3 Å². The number of imidazole rings is 1. The highest BCUT2D eigenvalue weighted by molar-refractivity contribution is 5.70. The van der Waals surface area contributed by atoms with Crippen LogP contribution in [0, 0.1) is 6.92 Å². The van der Waals surface area contributed by atoms with Crippen LogP contribution in [0.5, 0.6) is 0 Å². The fourth-order valence-electron chi connectivity index (χ4n) is 2.75. The molecule has 0 aliphatic carbocycles. The molecule has 6 heteroatoms. The van der Waals surface area contributed by atoms with Crippen molar-refractivity contribution in [3.05, 3.63) is 42.0 Å². The molecule has 126 valence electrons. The topological polar surface area (TPSA) is 56.1 Å². The first-order valence-corrected chi connectivity index (χ1v) is 8.20. The lowest BCUT2D eigenvalue weighted by molar-refractivity contribution is 0.168. The number of nitrogens with zero attached hydrogens (tertiary/aromatic N) is 5. The van der Waals surface area contributed by atoms with Crippen molar-refractivity contribution in [2.45, 2.75) is 33.6 Å². The first kappa shape index (κ1) is 16.4. The Hall–Kier alpha value is -2.47. The highest BCUT2D eigenvalue weighted by Gasteiger charge is 2.26. The lowest BCUT2D eigenvalue weighted by atomic mass is 10.2. The van der Waals surface area contributed by atoms with Gasteiger partial charge < -0.3 is 0 Å². The highest BCUT2D eigenvalue weighted by Crippen LogP contribution is 2.33. The quantitative estimate of drug-likeness (QED) is 0.671. The number of aromatic nitrogens is 4. The number of hydroxylamine groups is 1. The van der Waals surface area contributed by atoms with Crippen LogP contribution in [-0.2, 0) is 4.84 Å². The highest BCUT2D eigenvalue weighted by atomic mass is 16.7. The predicted molar refractivity (Wildman–Crippen MR) is 94.6 cm³/mol. The molecule has 3 rings (SSSR count). The largest absolute Gasteiger partial charge is 0.281 e. The number of aryl methyl sites for hydroxylation is 1. The molecule has 2 aliphatic rings. The standard InChI is InChI=1S/C18H23N5O/c1-6-22(24-5)17-15-18(21-16(20-15)12(2)3)23(13(4)19-17)14-10-8-7-9-11-14/h7-12H,6H2,1-5H3. The summed E-state index contributed by atoms with van der Waals surface area (Å²) in [4.78, 5) is 19.7. The SMILES string of the molecule is CCN(OC)c1nc(C)n(-c2ccccc2)c2nc(C(C)C)nc1-2. The van der Waals surface area contributed by atoms with E-state index in [9.17, 15) is 0 Å². The van der Waals surface area contributed by atoms with Crippen molar-refractivity contribution in [3.63, 3.8) is 0 Å². The van der Waals surface area contributed by atoms with E-state index in [1.54, 1.807) is 12.2 Å². The first-order chi connectivity index (χ1) is 11.6. The minimum absolute atomic E-state index is 0.243. The summed E-state index contributed by atoms with van der Waals surface area (Å²) >= 11 is 0. The molecule has 0 saturated heterocycles. The molecular weight excluding hydrogens is 302 g/mol. The van der Waals surface area contributed by atoms with Gasteiger partial charge in [-0.3, -0.25) is 9.40 Å². The van der Waals surface area contributed by atoms with Crippen molar-refractivity contribution in [2.75, 3.05) is 18.7 Å². The van der Waals surface area contributed by atoms with Crippen LogP contribution >= 0.6 is 0 Å². The molecule has 6 nitrogen and oxygen atoms in total. The Kier molecular flexibility index (Phi) is 4.49. The van der Waals surface area contributed by atoms with E-state index in [-0.39, 0.29) is 5.92 Å². The van der Waals surface area contributed by atoms with Gasteiger partial charge in [0, 0.05) is 18.2 Å². The normalized spacial score (nSPS) is 11.4. The Bertz CT molecular complexity index is 793. The fraction of sp³-hybridized carbons (Fsp3) is 0.389. The molecule has 0 amide bonds. The third-order valence-corrected chi connectivity index (χ3v) is 3.95. The Morgan fingerprint density at radius 2 is 1.83 bits per heavy atom. The summed E-state index contributed by atoms with van der Waals surface area (Å²) in [7, 11) is 1.64. The van der Waals surface area contributed by atoms with Crippen LogP contribution < -0.4 is 5.06 Å². The van der Waals surface area contributed by atoms with Gasteiger partial charge >= 0.3 is 0 Å². The molecule has 2 aliphatic heterocycles. The van der Waals surface area contributed by atoms with Crippen LogP contribution in [0.3, 0.4) is 0 Å². The summed E-state index contributed by atoms with van der Waals surface area (Å²) in [5, 5.41) is 1.74. The summed E-state index contributed by atoms with van der Waals surface area (Å²) in [5.41, 5.74) is 1.78. The van der Waals surface area contributed by atoms with Gasteiger partial charge in [0.25, 0.3) is 0 Å². The predicted octanol–water partition coefficient (Wildman–Crippen LogP) is 3.59. The van der Waals surface area contributed by atoms with E-state index in [0.717, 1.165) is 28.9 Å². The van der Waals surface area contributed by atoms with Crippen LogP contribution in [-0.4, -0.2) is 33.2 Å². The van der Waals surface area contributed by atoms with E-state index >= 15 is 0 Å². The Morgan fingerprint density at radius 3 is 2.42 bits per heavy atom. The lowest BCUT2D eigenvalue weighted by Crippen LogP contribution is -2.25. The second-order valence-corrected chi connectivity index (χ2v) is 5.94. The first-order valence-electron chi connectivity index (χ1n) is 8.20. The molecule has 0 radical (unpaired) electrons. The summed E-state index contributed by atoms with van der Waals surface area (Å²) < 4.78 is 2.04. The average molecular weight is 325 g/mol. The van der Waals surface area contributed by atoms with Crippen LogP contribution in [0.4, 0.5) is 5.82 Å². The second-order valence-electron chi connectivity index (χ2n) is 5.94. The number of para-hydroxylation sites is 1. The molecule has 0 bridgehead atoms. The van der Waals surface area contributed by atoms with Gasteiger partial charge in [-0.1, -0.05) is 32.0 Å². The van der Waals surface area contributed by atoms with E-state index in [2.05, 4.69) is 13.8 Å². The number of rotatable bonds is 5. The van der Waals surface area contributed by atoms with Gasteiger partial charge in [0.1, 0.15) is 11.6 Å². The van der Waals surface area contributed by atoms with Gasteiger partial charge in [-0.2, -0.15) is 0 Å². The van der Waals surface area contributed by atoms with Gasteiger partial charge in [0.2, 0.25) is 0 Å². The van der Waals surface area contributed by atoms with E-state index in [4.69, 9.17) is 19.8 Å². The van der Waals surface area contributed by atoms with Gasteiger partial charge in [-0.25, -0.2) is 20.0 Å². The minimum Gasteiger partial charge on any atom is -0.281 e. The lowest BCUT2D eigenvalue weighted by Gasteiger charge is -2.23. The Morgan fingerprint density at radius 1 is 1.12 bits per heavy atom. The third kappa shape index (κ3) is 2.73. The molecule has 0 spiro atoms. The van der Waals surface area contributed by atoms with Crippen molar-refractivity contribution in [1.29, 1.82) is 0 Å². The maximum atomic E-state index is 5.46. The molecule has 0 atom stereocenters. The van der Waals surface area contributed by atoms with Crippen LogP contribution in [0.15, 0.2) is 30.3 Å². The molecule has 0 N–H and O–H groups in total. The summed E-state index contributed by atoms with van der Waals surface area (Å²) in [6.07, 6.45) is 0. The van der Waals surface area contributed by atoms with E-state index in [0.29, 0.717) is 12.4 Å². The summed E-state index contributed by atoms with van der Waals surface area (Å²) in [6, 6.07) is 10.1. The molecule has 24 heavy (non-hydrogen) atoms. The van der Waals surface area contributed by atoms with Crippen molar-refractivity contribution in [3.8, 4) is 17.2 Å². The molecule has 0 fully saturated rings. The van der Waals surface area contributed by atoms with Gasteiger partial charge in [0.05, 0.1) is 7.11 Å². The zero-order valence-corrected chi connectivity index (χ0v) is 14.8. The number of anilines is 1. The van der Waals surface area contributed by atoms with Gasteiger partial charge in [-0.05, 0) is 26.0 Å². The average Bonchev–Trinajstić information content (AvgIpc) is 3.02. The van der Waals surface area contributed by atoms with Gasteiger partial charge in [0.15, 0.2) is 17.3 Å². The number of hydrogen-bond acceptors (Lipinski definition) is 5. The molecule has 0 aromatic heterocycles. The summed E-state index contributed by atoms with van der Waals surface area (Å²) in [6.45, 7) is 8.86. The third-order valence-electron chi connectivity index (χ3n) is 3.95. The molecule has 2 heterocycles. The number of hydrogen-bond donors (Lipinski definition) is 0. The second kappa shape index (κ2) is 6.57. The van der Waals surface area contributed by atoms with Gasteiger partial charge in [-0.15, -0.1) is 0 Å². The monoisotopic (exact) mass is 325 g/mol. The summed E-state index contributed by atoms with van der Waals surface area (Å²) in [5.74, 6) is 3.42. The Balaban J connectivity index is 2.31. The molecular formula is C18H23N5O. The number of fused-ring (bicyclic) bond motifs is 1. The van der Waals surface area contributed by atoms with Crippen molar-refractivity contribution >= 4 is 5.82 Å². The van der Waals surface area contributed by atoms with E-state index in [1.165, 1.54) is 0 Å².